The Bertz CT molecular complexity index is 448. The third kappa shape index (κ3) is 2.08. The molecule has 0 spiro atoms. The van der Waals surface area contributed by atoms with Gasteiger partial charge >= 0.3 is 5.97 Å². The summed E-state index contributed by atoms with van der Waals surface area (Å²) in [5.41, 5.74) is -0.511. The number of aliphatic carboxylic acids is 1. The van der Waals surface area contributed by atoms with Gasteiger partial charge in [0.05, 0.1) is 0 Å². The molecule has 5 nitrogen and oxygen atoms in total. The molecule has 0 bridgehead atoms. The van der Waals surface area contributed by atoms with Gasteiger partial charge in [-0.25, -0.2) is 4.79 Å². The van der Waals surface area contributed by atoms with Crippen molar-refractivity contribution in [3.05, 3.63) is 29.5 Å². The minimum Gasteiger partial charge on any atom is -0.511 e. The Morgan fingerprint density at radius 3 is 2.38 bits per heavy atom. The Hall–Kier alpha value is -2.17. The molecule has 0 atom stereocenters. The lowest BCUT2D eigenvalue weighted by Gasteiger charge is -2.08. The van der Waals surface area contributed by atoms with Crippen molar-refractivity contribution in [3.8, 4) is 11.5 Å². The molecule has 1 aromatic rings. The third-order valence-electron chi connectivity index (χ3n) is 2.12. The highest BCUT2D eigenvalue weighted by molar-refractivity contribution is 6.17. The molecule has 0 aromatic heterocycles. The fourth-order valence-corrected chi connectivity index (χ4v) is 1.30. The number of rotatable bonds is 3. The van der Waals surface area contributed by atoms with E-state index in [0.29, 0.717) is 0 Å². The van der Waals surface area contributed by atoms with Gasteiger partial charge in [0.1, 0.15) is 11.3 Å². The fraction of sp³-hybridized carbons (Fsp3) is 0.182. The van der Waals surface area contributed by atoms with Crippen molar-refractivity contribution >= 4 is 11.5 Å². The van der Waals surface area contributed by atoms with Crippen LogP contribution in [-0.4, -0.2) is 26.4 Å². The second kappa shape index (κ2) is 4.57. The van der Waals surface area contributed by atoms with Crippen LogP contribution in [0.3, 0.4) is 0 Å². The van der Waals surface area contributed by atoms with Crippen LogP contribution in [0.1, 0.15) is 18.9 Å². The zero-order chi connectivity index (χ0) is 12.3. The van der Waals surface area contributed by atoms with Crippen molar-refractivity contribution in [2.45, 2.75) is 13.3 Å². The van der Waals surface area contributed by atoms with E-state index in [1.54, 1.807) is 6.92 Å². The topological polar surface area (TPSA) is 98.0 Å². The molecule has 0 heterocycles. The average molecular weight is 224 g/mol. The van der Waals surface area contributed by atoms with Crippen LogP contribution in [0.4, 0.5) is 0 Å². The quantitative estimate of drug-likeness (QED) is 0.357. The molecule has 4 N–H and O–H groups in total. The summed E-state index contributed by atoms with van der Waals surface area (Å²) in [6.45, 7) is 1.58. The first-order valence-corrected chi connectivity index (χ1v) is 4.65. The van der Waals surface area contributed by atoms with E-state index in [9.17, 15) is 20.1 Å². The van der Waals surface area contributed by atoms with Gasteiger partial charge in [0.2, 0.25) is 0 Å². The monoisotopic (exact) mass is 224 g/mol. The molecule has 0 fully saturated rings. The summed E-state index contributed by atoms with van der Waals surface area (Å²) in [5.74, 6) is -2.70. The molecule has 1 aromatic carbocycles. The number of aliphatic hydroxyl groups is 1. The summed E-state index contributed by atoms with van der Waals surface area (Å²) in [6.07, 6.45) is 0.122. The van der Waals surface area contributed by atoms with Crippen LogP contribution in [0, 0.1) is 0 Å². The number of aromatic hydroxyl groups is 2. The molecule has 1 rings (SSSR count). The number of para-hydroxylation sites is 1. The molecule has 0 amide bonds. The van der Waals surface area contributed by atoms with Crippen molar-refractivity contribution < 1.29 is 25.2 Å². The predicted octanol–water partition coefficient (Wildman–Crippen LogP) is 1.86. The van der Waals surface area contributed by atoms with Crippen LogP contribution >= 0.6 is 0 Å². The number of carboxylic acids is 1. The van der Waals surface area contributed by atoms with Crippen molar-refractivity contribution in [1.29, 1.82) is 0 Å². The van der Waals surface area contributed by atoms with Gasteiger partial charge in [0, 0.05) is 12.0 Å². The van der Waals surface area contributed by atoms with Crippen LogP contribution in [-0.2, 0) is 4.79 Å². The lowest BCUT2D eigenvalue weighted by atomic mass is 10.0. The number of benzene rings is 1. The smallest absolute Gasteiger partial charge is 0.339 e. The van der Waals surface area contributed by atoms with Gasteiger partial charge in [0.15, 0.2) is 11.5 Å². The molecule has 0 saturated carbocycles. The first-order valence-electron chi connectivity index (χ1n) is 4.65. The Balaban J connectivity index is 3.45. The van der Waals surface area contributed by atoms with Gasteiger partial charge in [-0.3, -0.25) is 0 Å². The maximum Gasteiger partial charge on any atom is 0.339 e. The van der Waals surface area contributed by atoms with E-state index in [1.165, 1.54) is 18.2 Å². The standard InChI is InChI=1S/C11H12O5/c1-2-7(12)9(11(15)16)6-4-3-5-8(13)10(6)14/h3-5,12-14H,2H2,1H3,(H,15,16). The van der Waals surface area contributed by atoms with Crippen LogP contribution in [0.15, 0.2) is 24.0 Å². The van der Waals surface area contributed by atoms with E-state index < -0.39 is 23.0 Å². The number of hydrogen-bond acceptors (Lipinski definition) is 4. The molecule has 0 radical (unpaired) electrons. The Labute approximate surface area is 91.9 Å². The van der Waals surface area contributed by atoms with Crippen LogP contribution in [0.25, 0.3) is 5.57 Å². The molecule has 5 heteroatoms. The van der Waals surface area contributed by atoms with Gasteiger partial charge in [-0.2, -0.15) is 0 Å². The van der Waals surface area contributed by atoms with E-state index in [4.69, 9.17) is 5.11 Å². The third-order valence-corrected chi connectivity index (χ3v) is 2.12. The second-order valence-corrected chi connectivity index (χ2v) is 3.15. The SMILES string of the molecule is CCC(O)=C(C(=O)O)c1cccc(O)c1O. The Morgan fingerprint density at radius 2 is 1.88 bits per heavy atom. The number of carbonyl (C=O) groups is 1. The second-order valence-electron chi connectivity index (χ2n) is 3.15. The van der Waals surface area contributed by atoms with Gasteiger partial charge in [-0.05, 0) is 12.1 Å². The maximum absolute atomic E-state index is 11.0. The molecule has 86 valence electrons. The molecular formula is C11H12O5. The van der Waals surface area contributed by atoms with Crippen LogP contribution < -0.4 is 0 Å². The van der Waals surface area contributed by atoms with Crippen molar-refractivity contribution in [2.75, 3.05) is 0 Å². The fourth-order valence-electron chi connectivity index (χ4n) is 1.30. The highest BCUT2D eigenvalue weighted by Gasteiger charge is 2.20. The number of phenols is 2. The largest absolute Gasteiger partial charge is 0.511 e. The highest BCUT2D eigenvalue weighted by Crippen LogP contribution is 2.34. The zero-order valence-electron chi connectivity index (χ0n) is 8.64. The Kier molecular flexibility index (Phi) is 3.40. The number of allylic oxidation sites excluding steroid dienone is 1. The summed E-state index contributed by atoms with van der Waals surface area (Å²) >= 11 is 0. The molecule has 16 heavy (non-hydrogen) atoms. The maximum atomic E-state index is 11.0. The summed E-state index contributed by atoms with van der Waals surface area (Å²) in [4.78, 5) is 11.0. The van der Waals surface area contributed by atoms with Crippen LogP contribution in [0.2, 0.25) is 0 Å². The van der Waals surface area contributed by atoms with E-state index in [-0.39, 0.29) is 17.7 Å². The molecule has 0 aliphatic heterocycles. The molecule has 0 aliphatic rings. The molecule has 0 unspecified atom stereocenters. The van der Waals surface area contributed by atoms with E-state index >= 15 is 0 Å². The number of phenolic OH excluding ortho intramolecular Hbond substituents is 2. The summed E-state index contributed by atoms with van der Waals surface area (Å²) in [6, 6.07) is 3.92. The van der Waals surface area contributed by atoms with Crippen molar-refractivity contribution in [2.24, 2.45) is 0 Å². The summed E-state index contributed by atoms with van der Waals surface area (Å²) in [5, 5.41) is 37.1. The van der Waals surface area contributed by atoms with Gasteiger partial charge in [-0.15, -0.1) is 0 Å². The van der Waals surface area contributed by atoms with Gasteiger partial charge in [-0.1, -0.05) is 13.0 Å². The van der Waals surface area contributed by atoms with Gasteiger partial charge in [0.25, 0.3) is 0 Å². The predicted molar refractivity (Wildman–Crippen MR) is 57.2 cm³/mol. The molecule has 0 saturated heterocycles. The van der Waals surface area contributed by atoms with Crippen molar-refractivity contribution in [3.63, 3.8) is 0 Å². The first-order chi connectivity index (χ1) is 7.49. The lowest BCUT2D eigenvalue weighted by molar-refractivity contribution is -0.130. The zero-order valence-corrected chi connectivity index (χ0v) is 8.64. The van der Waals surface area contributed by atoms with Gasteiger partial charge < -0.3 is 20.4 Å². The van der Waals surface area contributed by atoms with Crippen molar-refractivity contribution in [1.82, 2.24) is 0 Å². The summed E-state index contributed by atoms with van der Waals surface area (Å²) in [7, 11) is 0. The summed E-state index contributed by atoms with van der Waals surface area (Å²) < 4.78 is 0. The van der Waals surface area contributed by atoms with E-state index in [2.05, 4.69) is 0 Å². The van der Waals surface area contributed by atoms with E-state index in [1.807, 2.05) is 0 Å². The molecule has 0 aliphatic carbocycles. The minimum atomic E-state index is -1.36. The first kappa shape index (κ1) is 11.9. The normalized spacial score (nSPS) is 12.1. The van der Waals surface area contributed by atoms with Crippen LogP contribution in [0.5, 0.6) is 11.5 Å². The molecular weight excluding hydrogens is 212 g/mol. The van der Waals surface area contributed by atoms with E-state index in [0.717, 1.165) is 0 Å². The number of hydrogen-bond donors (Lipinski definition) is 4. The highest BCUT2D eigenvalue weighted by atomic mass is 16.4. The Morgan fingerprint density at radius 1 is 1.25 bits per heavy atom. The lowest BCUT2D eigenvalue weighted by Crippen LogP contribution is -2.04. The average Bonchev–Trinajstić information content (AvgIpc) is 2.24. The number of aliphatic hydroxyl groups excluding tert-OH is 1. The minimum absolute atomic E-state index is 0.105. The number of carboxylic acid groups (broad SMARTS) is 1.